The van der Waals surface area contributed by atoms with E-state index in [4.69, 9.17) is 11.6 Å². The first-order valence-electron chi connectivity index (χ1n) is 6.40. The molecule has 1 atom stereocenters. The van der Waals surface area contributed by atoms with Gasteiger partial charge in [-0.3, -0.25) is 0 Å². The van der Waals surface area contributed by atoms with Crippen molar-refractivity contribution in [2.24, 2.45) is 0 Å². The summed E-state index contributed by atoms with van der Waals surface area (Å²) in [6, 6.07) is 8.04. The average Bonchev–Trinajstić information content (AvgIpc) is 2.47. The number of anilines is 1. The van der Waals surface area contributed by atoms with Crippen LogP contribution in [-0.4, -0.2) is 36.4 Å². The number of hydrogen-bond acceptors (Lipinski definition) is 3. The molecule has 1 unspecified atom stereocenters. The van der Waals surface area contributed by atoms with Gasteiger partial charge in [-0.05, 0) is 45.0 Å². The van der Waals surface area contributed by atoms with Crippen molar-refractivity contribution in [1.29, 1.82) is 0 Å². The van der Waals surface area contributed by atoms with Crippen LogP contribution in [0.5, 0.6) is 0 Å². The van der Waals surface area contributed by atoms with Crippen molar-refractivity contribution >= 4 is 17.3 Å². The molecule has 1 aliphatic heterocycles. The van der Waals surface area contributed by atoms with Gasteiger partial charge in [0.15, 0.2) is 0 Å². The smallest absolute Gasteiger partial charge is 0.0601 e. The zero-order chi connectivity index (χ0) is 13.2. The molecule has 0 amide bonds. The highest BCUT2D eigenvalue weighted by Crippen LogP contribution is 2.29. The molecule has 2 N–H and O–H groups in total. The molecular formula is C14H21ClN2O. The molecule has 2 rings (SSSR count). The third-order valence-electron chi connectivity index (χ3n) is 3.64. The fourth-order valence-electron chi connectivity index (χ4n) is 2.47. The van der Waals surface area contributed by atoms with Crippen molar-refractivity contribution in [3.05, 3.63) is 29.3 Å². The number of nitrogens with zero attached hydrogens (tertiary/aromatic N) is 1. The molecule has 0 radical (unpaired) electrons. The number of nitrogens with one attached hydrogen (secondary N) is 1. The average molecular weight is 269 g/mol. The van der Waals surface area contributed by atoms with Gasteiger partial charge in [-0.2, -0.15) is 0 Å². The summed E-state index contributed by atoms with van der Waals surface area (Å²) in [6.45, 7) is 6.34. The van der Waals surface area contributed by atoms with Crippen LogP contribution >= 0.6 is 11.6 Å². The van der Waals surface area contributed by atoms with Crippen LogP contribution in [0.2, 0.25) is 5.02 Å². The Balaban J connectivity index is 2.30. The second-order valence-corrected chi connectivity index (χ2v) is 5.92. The molecule has 0 aliphatic carbocycles. The first kappa shape index (κ1) is 13.7. The monoisotopic (exact) mass is 268 g/mol. The van der Waals surface area contributed by atoms with Crippen molar-refractivity contribution in [2.45, 2.75) is 31.8 Å². The van der Waals surface area contributed by atoms with E-state index in [0.717, 1.165) is 30.2 Å². The minimum Gasteiger partial charge on any atom is -0.395 e. The summed E-state index contributed by atoms with van der Waals surface area (Å²) in [7, 11) is 0. The molecule has 4 heteroatoms. The van der Waals surface area contributed by atoms with Gasteiger partial charge < -0.3 is 15.3 Å². The van der Waals surface area contributed by atoms with E-state index in [1.807, 2.05) is 18.2 Å². The summed E-state index contributed by atoms with van der Waals surface area (Å²) >= 11 is 6.08. The maximum Gasteiger partial charge on any atom is 0.0601 e. The van der Waals surface area contributed by atoms with Crippen LogP contribution in [0.25, 0.3) is 0 Å². The molecule has 1 aliphatic rings. The molecule has 0 spiro atoms. The van der Waals surface area contributed by atoms with E-state index in [2.05, 4.69) is 30.1 Å². The lowest BCUT2D eigenvalue weighted by Crippen LogP contribution is -2.47. The van der Waals surface area contributed by atoms with Gasteiger partial charge in [-0.25, -0.2) is 0 Å². The van der Waals surface area contributed by atoms with Crippen molar-refractivity contribution in [3.63, 3.8) is 0 Å². The normalized spacial score (nSPS) is 23.8. The molecule has 3 nitrogen and oxygen atoms in total. The summed E-state index contributed by atoms with van der Waals surface area (Å²) in [4.78, 5) is 2.33. The van der Waals surface area contributed by atoms with E-state index >= 15 is 0 Å². The van der Waals surface area contributed by atoms with E-state index in [0.29, 0.717) is 0 Å². The maximum absolute atomic E-state index is 9.39. The van der Waals surface area contributed by atoms with Crippen LogP contribution in [0.15, 0.2) is 24.3 Å². The summed E-state index contributed by atoms with van der Waals surface area (Å²) in [5, 5.41) is 13.5. The maximum atomic E-state index is 9.39. The predicted octanol–water partition coefficient (Wildman–Crippen LogP) is 2.28. The molecule has 1 aromatic rings. The molecule has 0 saturated carbocycles. The summed E-state index contributed by atoms with van der Waals surface area (Å²) in [6.07, 6.45) is 1.04. The molecule has 0 bridgehead atoms. The topological polar surface area (TPSA) is 35.5 Å². The second kappa shape index (κ2) is 5.47. The lowest BCUT2D eigenvalue weighted by Gasteiger charge is -2.39. The SMILES string of the molecule is CC1(C)CCNC(CO)CN1c1cccc(Cl)c1. The lowest BCUT2D eigenvalue weighted by molar-refractivity contribution is 0.248. The van der Waals surface area contributed by atoms with Crippen molar-refractivity contribution in [1.82, 2.24) is 5.32 Å². The molecule has 1 saturated heterocycles. The van der Waals surface area contributed by atoms with E-state index in [1.54, 1.807) is 0 Å². The molecule has 100 valence electrons. The van der Waals surface area contributed by atoms with E-state index in [1.165, 1.54) is 0 Å². The van der Waals surface area contributed by atoms with Crippen molar-refractivity contribution < 1.29 is 5.11 Å². The lowest BCUT2D eigenvalue weighted by atomic mass is 9.97. The Labute approximate surface area is 114 Å². The second-order valence-electron chi connectivity index (χ2n) is 5.49. The highest BCUT2D eigenvalue weighted by Gasteiger charge is 2.31. The summed E-state index contributed by atoms with van der Waals surface area (Å²) in [5.41, 5.74) is 1.18. The first-order valence-corrected chi connectivity index (χ1v) is 6.78. The van der Waals surface area contributed by atoms with Gasteiger partial charge in [0.25, 0.3) is 0 Å². The number of aliphatic hydroxyl groups is 1. The Kier molecular flexibility index (Phi) is 4.15. The number of rotatable bonds is 2. The van der Waals surface area contributed by atoms with Gasteiger partial charge in [0.2, 0.25) is 0 Å². The quantitative estimate of drug-likeness (QED) is 0.864. The Hall–Kier alpha value is -0.770. The molecule has 0 aromatic heterocycles. The zero-order valence-electron chi connectivity index (χ0n) is 11.0. The van der Waals surface area contributed by atoms with Crippen LogP contribution in [0.4, 0.5) is 5.69 Å². The minimum absolute atomic E-state index is 0.0571. The molecule has 18 heavy (non-hydrogen) atoms. The third kappa shape index (κ3) is 2.97. The minimum atomic E-state index is 0.0571. The third-order valence-corrected chi connectivity index (χ3v) is 3.88. The number of benzene rings is 1. The first-order chi connectivity index (χ1) is 8.53. The van der Waals surface area contributed by atoms with Gasteiger partial charge in [-0.1, -0.05) is 17.7 Å². The van der Waals surface area contributed by atoms with E-state index in [9.17, 15) is 5.11 Å². The summed E-state index contributed by atoms with van der Waals surface area (Å²) < 4.78 is 0. The van der Waals surface area contributed by atoms with Crippen LogP contribution in [-0.2, 0) is 0 Å². The highest BCUT2D eigenvalue weighted by molar-refractivity contribution is 6.30. The fourth-order valence-corrected chi connectivity index (χ4v) is 2.65. The zero-order valence-corrected chi connectivity index (χ0v) is 11.7. The predicted molar refractivity (Wildman–Crippen MR) is 76.4 cm³/mol. The Morgan fingerprint density at radius 1 is 1.50 bits per heavy atom. The highest BCUT2D eigenvalue weighted by atomic mass is 35.5. The Morgan fingerprint density at radius 3 is 2.94 bits per heavy atom. The fraction of sp³-hybridized carbons (Fsp3) is 0.571. The van der Waals surface area contributed by atoms with Gasteiger partial charge in [0.05, 0.1) is 6.61 Å². The molecular weight excluding hydrogens is 248 g/mol. The van der Waals surface area contributed by atoms with Crippen LogP contribution in [0, 0.1) is 0 Å². The largest absolute Gasteiger partial charge is 0.395 e. The van der Waals surface area contributed by atoms with Crippen LogP contribution in [0.3, 0.4) is 0 Å². The van der Waals surface area contributed by atoms with Crippen molar-refractivity contribution in [2.75, 3.05) is 24.6 Å². The van der Waals surface area contributed by atoms with Gasteiger partial charge in [0.1, 0.15) is 0 Å². The number of halogens is 1. The van der Waals surface area contributed by atoms with Crippen LogP contribution in [0.1, 0.15) is 20.3 Å². The molecule has 1 aromatic carbocycles. The summed E-state index contributed by atoms with van der Waals surface area (Å²) in [5.74, 6) is 0. The molecule has 1 heterocycles. The van der Waals surface area contributed by atoms with Gasteiger partial charge in [-0.15, -0.1) is 0 Å². The Morgan fingerprint density at radius 2 is 2.28 bits per heavy atom. The van der Waals surface area contributed by atoms with E-state index in [-0.39, 0.29) is 18.2 Å². The standard InChI is InChI=1S/C14H21ClN2O/c1-14(2)6-7-16-12(10-18)9-17(14)13-5-3-4-11(15)8-13/h3-5,8,12,16,18H,6-7,9-10H2,1-2H3. The Bertz CT molecular complexity index is 409. The number of hydrogen-bond donors (Lipinski definition) is 2. The van der Waals surface area contributed by atoms with Gasteiger partial charge >= 0.3 is 0 Å². The number of aliphatic hydroxyl groups excluding tert-OH is 1. The van der Waals surface area contributed by atoms with Crippen LogP contribution < -0.4 is 10.2 Å². The molecule has 1 fully saturated rings. The van der Waals surface area contributed by atoms with E-state index < -0.39 is 0 Å². The van der Waals surface area contributed by atoms with Gasteiger partial charge in [0, 0.05) is 28.8 Å². The van der Waals surface area contributed by atoms with Crippen molar-refractivity contribution in [3.8, 4) is 0 Å².